The number of benzene rings is 4. The largest absolute Gasteiger partial charge is 0.497 e. The van der Waals surface area contributed by atoms with Gasteiger partial charge in [0, 0.05) is 16.8 Å². The van der Waals surface area contributed by atoms with Crippen molar-refractivity contribution in [1.82, 2.24) is 5.32 Å². The number of methoxy groups -OCH3 is 1. The second-order valence-electron chi connectivity index (χ2n) is 9.70. The molecular weight excluding hydrogens is 512 g/mol. The summed E-state index contributed by atoms with van der Waals surface area (Å²) in [5.41, 5.74) is 4.32. The molecule has 0 atom stereocenters. The van der Waals surface area contributed by atoms with Crippen LogP contribution in [-0.2, 0) is 4.79 Å². The van der Waals surface area contributed by atoms with Gasteiger partial charge in [0.05, 0.1) is 7.11 Å². The highest BCUT2D eigenvalue weighted by molar-refractivity contribution is 6.11. The van der Waals surface area contributed by atoms with Gasteiger partial charge in [-0.25, -0.2) is 0 Å². The SMILES string of the molecule is COc1ccc(/C=C/C(=O)c2ccc(NC(=O)/C(=C/c3ccc(C(C)C)cc3)NC(=O)c3ccccc3)cc2)cc1. The summed E-state index contributed by atoms with van der Waals surface area (Å²) in [7, 11) is 1.60. The van der Waals surface area contributed by atoms with E-state index in [0.29, 0.717) is 22.7 Å². The minimum absolute atomic E-state index is 0.0960. The molecule has 0 unspecified atom stereocenters. The van der Waals surface area contributed by atoms with Crippen molar-refractivity contribution in [2.24, 2.45) is 0 Å². The first-order chi connectivity index (χ1) is 19.8. The predicted octanol–water partition coefficient (Wildman–Crippen LogP) is 7.12. The number of carbonyl (C=O) groups excluding carboxylic acids is 3. The lowest BCUT2D eigenvalue weighted by atomic mass is 10.0. The molecule has 0 aliphatic rings. The molecule has 0 spiro atoms. The van der Waals surface area contributed by atoms with E-state index < -0.39 is 11.8 Å². The van der Waals surface area contributed by atoms with Gasteiger partial charge in [-0.05, 0) is 83.3 Å². The molecule has 0 saturated heterocycles. The molecule has 2 amide bonds. The molecule has 0 saturated carbocycles. The topological polar surface area (TPSA) is 84.5 Å². The molecule has 0 aromatic heterocycles. The molecule has 0 bridgehead atoms. The van der Waals surface area contributed by atoms with Crippen LogP contribution in [0.1, 0.15) is 57.2 Å². The molecule has 4 aromatic rings. The molecule has 0 aliphatic heterocycles. The maximum absolute atomic E-state index is 13.3. The highest BCUT2D eigenvalue weighted by Gasteiger charge is 2.15. The van der Waals surface area contributed by atoms with Gasteiger partial charge in [0.15, 0.2) is 5.78 Å². The number of amides is 2. The van der Waals surface area contributed by atoms with E-state index in [9.17, 15) is 14.4 Å². The van der Waals surface area contributed by atoms with Gasteiger partial charge >= 0.3 is 0 Å². The summed E-state index contributed by atoms with van der Waals surface area (Å²) in [5.74, 6) is 0.0736. The van der Waals surface area contributed by atoms with E-state index in [2.05, 4.69) is 24.5 Å². The van der Waals surface area contributed by atoms with Crippen LogP contribution in [0, 0.1) is 0 Å². The van der Waals surface area contributed by atoms with Gasteiger partial charge < -0.3 is 15.4 Å². The second kappa shape index (κ2) is 13.7. The average Bonchev–Trinajstić information content (AvgIpc) is 3.00. The number of hydrogen-bond acceptors (Lipinski definition) is 4. The Morgan fingerprint density at radius 2 is 1.37 bits per heavy atom. The van der Waals surface area contributed by atoms with Crippen LogP contribution < -0.4 is 15.4 Å². The zero-order valence-corrected chi connectivity index (χ0v) is 23.3. The monoisotopic (exact) mass is 544 g/mol. The molecule has 6 heteroatoms. The molecule has 2 N–H and O–H groups in total. The Kier molecular flexibility index (Phi) is 9.62. The van der Waals surface area contributed by atoms with E-state index in [1.807, 2.05) is 54.6 Å². The summed E-state index contributed by atoms with van der Waals surface area (Å²) in [6, 6.07) is 30.5. The van der Waals surface area contributed by atoms with Crippen LogP contribution in [0.4, 0.5) is 5.69 Å². The van der Waals surface area contributed by atoms with Gasteiger partial charge in [0.1, 0.15) is 11.4 Å². The first kappa shape index (κ1) is 28.8. The Labute approximate surface area is 240 Å². The van der Waals surface area contributed by atoms with Crippen LogP contribution in [0.15, 0.2) is 115 Å². The molecule has 4 aromatic carbocycles. The molecule has 0 aliphatic carbocycles. The Bertz CT molecular complexity index is 1550. The first-order valence-corrected chi connectivity index (χ1v) is 13.3. The maximum atomic E-state index is 13.3. The van der Waals surface area contributed by atoms with Crippen molar-refractivity contribution in [2.45, 2.75) is 19.8 Å². The minimum atomic E-state index is -0.485. The fourth-order valence-electron chi connectivity index (χ4n) is 3.99. The second-order valence-corrected chi connectivity index (χ2v) is 9.70. The Morgan fingerprint density at radius 3 is 1.98 bits per heavy atom. The average molecular weight is 545 g/mol. The van der Waals surface area contributed by atoms with Crippen LogP contribution in [0.3, 0.4) is 0 Å². The van der Waals surface area contributed by atoms with Crippen LogP contribution in [-0.4, -0.2) is 24.7 Å². The Balaban J connectivity index is 1.48. The number of rotatable bonds is 10. The molecular formula is C35H32N2O4. The summed E-state index contributed by atoms with van der Waals surface area (Å²) in [6.45, 7) is 4.22. The van der Waals surface area contributed by atoms with Gasteiger partial charge in [-0.1, -0.05) is 74.5 Å². The van der Waals surface area contributed by atoms with Crippen molar-refractivity contribution in [1.29, 1.82) is 0 Å². The summed E-state index contributed by atoms with van der Waals surface area (Å²) in [4.78, 5) is 38.8. The molecule has 41 heavy (non-hydrogen) atoms. The molecule has 0 radical (unpaired) electrons. The van der Waals surface area contributed by atoms with Gasteiger partial charge in [-0.15, -0.1) is 0 Å². The summed E-state index contributed by atoms with van der Waals surface area (Å²) < 4.78 is 5.15. The zero-order chi connectivity index (χ0) is 29.2. The number of ether oxygens (including phenoxy) is 1. The van der Waals surface area contributed by atoms with E-state index in [1.165, 1.54) is 11.6 Å². The Hall–Kier alpha value is -5.23. The van der Waals surface area contributed by atoms with Crippen molar-refractivity contribution < 1.29 is 19.1 Å². The third kappa shape index (κ3) is 8.13. The van der Waals surface area contributed by atoms with E-state index >= 15 is 0 Å². The van der Waals surface area contributed by atoms with Gasteiger partial charge in [-0.2, -0.15) is 0 Å². The summed E-state index contributed by atoms with van der Waals surface area (Å²) >= 11 is 0. The third-order valence-electron chi connectivity index (χ3n) is 6.41. The van der Waals surface area contributed by atoms with E-state index in [1.54, 1.807) is 67.8 Å². The van der Waals surface area contributed by atoms with E-state index in [0.717, 1.165) is 16.9 Å². The van der Waals surface area contributed by atoms with E-state index in [4.69, 9.17) is 4.74 Å². The van der Waals surface area contributed by atoms with E-state index in [-0.39, 0.29) is 11.5 Å². The van der Waals surface area contributed by atoms with Gasteiger partial charge in [0.2, 0.25) is 0 Å². The quantitative estimate of drug-likeness (QED) is 0.164. The van der Waals surface area contributed by atoms with Crippen LogP contribution in [0.2, 0.25) is 0 Å². The number of nitrogens with one attached hydrogen (secondary N) is 2. The summed E-state index contributed by atoms with van der Waals surface area (Å²) in [6.07, 6.45) is 4.87. The smallest absolute Gasteiger partial charge is 0.272 e. The van der Waals surface area contributed by atoms with Gasteiger partial charge in [-0.3, -0.25) is 14.4 Å². The van der Waals surface area contributed by atoms with Crippen molar-refractivity contribution in [3.05, 3.63) is 143 Å². The molecule has 206 valence electrons. The number of hydrogen-bond donors (Lipinski definition) is 2. The third-order valence-corrected chi connectivity index (χ3v) is 6.41. The van der Waals surface area contributed by atoms with Crippen molar-refractivity contribution in [3.8, 4) is 5.75 Å². The molecule has 0 fully saturated rings. The van der Waals surface area contributed by atoms with Crippen LogP contribution in [0.5, 0.6) is 5.75 Å². The number of allylic oxidation sites excluding steroid dienone is 1. The minimum Gasteiger partial charge on any atom is -0.497 e. The number of anilines is 1. The number of carbonyl (C=O) groups is 3. The first-order valence-electron chi connectivity index (χ1n) is 13.3. The van der Waals surface area contributed by atoms with Gasteiger partial charge in [0.25, 0.3) is 11.8 Å². The summed E-state index contributed by atoms with van der Waals surface area (Å²) in [5, 5.41) is 5.57. The predicted molar refractivity (Wildman–Crippen MR) is 164 cm³/mol. The lowest BCUT2D eigenvalue weighted by molar-refractivity contribution is -0.113. The molecule has 4 rings (SSSR count). The van der Waals surface area contributed by atoms with Crippen LogP contribution in [0.25, 0.3) is 12.2 Å². The molecule has 6 nitrogen and oxygen atoms in total. The zero-order valence-electron chi connectivity index (χ0n) is 23.3. The lowest BCUT2D eigenvalue weighted by Gasteiger charge is -2.12. The highest BCUT2D eigenvalue weighted by atomic mass is 16.5. The highest BCUT2D eigenvalue weighted by Crippen LogP contribution is 2.18. The Morgan fingerprint density at radius 1 is 0.732 bits per heavy atom. The molecule has 0 heterocycles. The lowest BCUT2D eigenvalue weighted by Crippen LogP contribution is -2.30. The van der Waals surface area contributed by atoms with Crippen LogP contribution >= 0.6 is 0 Å². The maximum Gasteiger partial charge on any atom is 0.272 e. The fraction of sp³-hybridized carbons (Fsp3) is 0.114. The van der Waals surface area contributed by atoms with Crippen molar-refractivity contribution in [2.75, 3.05) is 12.4 Å². The van der Waals surface area contributed by atoms with Crippen molar-refractivity contribution in [3.63, 3.8) is 0 Å². The fourth-order valence-corrected chi connectivity index (χ4v) is 3.99. The standard InChI is InChI=1S/C35H32N2O4/c1-24(2)27-14-9-26(10-15-27)23-32(37-34(39)29-7-5-4-6-8-29)35(40)36-30-18-16-28(17-19-30)33(38)22-13-25-11-20-31(41-3)21-12-25/h4-24H,1-3H3,(H,36,40)(H,37,39)/b22-13+,32-23-. The van der Waals surface area contributed by atoms with Crippen molar-refractivity contribution >= 4 is 35.4 Å². The normalized spacial score (nSPS) is 11.4. The number of ketones is 1.